The molecule has 0 spiro atoms. The maximum atomic E-state index is 5.73. The molecule has 0 aliphatic carbocycles. The van der Waals surface area contributed by atoms with Crippen LogP contribution in [-0.4, -0.2) is 30.1 Å². The lowest BCUT2D eigenvalue weighted by Gasteiger charge is -2.34. The van der Waals surface area contributed by atoms with Gasteiger partial charge in [-0.1, -0.05) is 19.8 Å². The van der Waals surface area contributed by atoms with Crippen molar-refractivity contribution in [2.75, 3.05) is 13.1 Å². The maximum Gasteiger partial charge on any atom is 0.0193 e. The molecule has 1 heterocycles. The topological polar surface area (TPSA) is 29.3 Å². The molecule has 1 aliphatic heterocycles. The van der Waals surface area contributed by atoms with Gasteiger partial charge in [0.1, 0.15) is 0 Å². The van der Waals surface area contributed by atoms with Crippen LogP contribution in [0.4, 0.5) is 0 Å². The van der Waals surface area contributed by atoms with E-state index in [9.17, 15) is 0 Å². The summed E-state index contributed by atoms with van der Waals surface area (Å²) in [4.78, 5) is 2.62. The summed E-state index contributed by atoms with van der Waals surface area (Å²) in [7, 11) is 0. The second kappa shape index (κ2) is 5.61. The highest BCUT2D eigenvalue weighted by atomic mass is 15.2. The molecule has 2 unspecified atom stereocenters. The quantitative estimate of drug-likeness (QED) is 0.727. The first kappa shape index (κ1) is 11.0. The van der Waals surface area contributed by atoms with E-state index in [1.54, 1.807) is 0 Å². The Morgan fingerprint density at radius 1 is 1.38 bits per heavy atom. The molecule has 0 radical (unpaired) electrons. The van der Waals surface area contributed by atoms with E-state index < -0.39 is 0 Å². The third-order valence-corrected chi connectivity index (χ3v) is 3.30. The zero-order valence-electron chi connectivity index (χ0n) is 9.13. The number of nitrogens with two attached hydrogens (primary N) is 1. The Balaban J connectivity index is 2.53. The molecule has 78 valence electrons. The van der Waals surface area contributed by atoms with Gasteiger partial charge in [0.25, 0.3) is 0 Å². The summed E-state index contributed by atoms with van der Waals surface area (Å²) in [6, 6.07) is 1.36. The van der Waals surface area contributed by atoms with Gasteiger partial charge in [0.2, 0.25) is 0 Å². The Morgan fingerprint density at radius 2 is 2.15 bits per heavy atom. The van der Waals surface area contributed by atoms with Crippen LogP contribution in [0.3, 0.4) is 0 Å². The van der Waals surface area contributed by atoms with Crippen LogP contribution in [0.25, 0.3) is 0 Å². The molecule has 2 atom stereocenters. The zero-order chi connectivity index (χ0) is 9.68. The first-order valence-corrected chi connectivity index (χ1v) is 5.75. The number of nitrogens with zero attached hydrogens (tertiary/aromatic N) is 1. The van der Waals surface area contributed by atoms with Crippen molar-refractivity contribution in [3.63, 3.8) is 0 Å². The van der Waals surface area contributed by atoms with Crippen LogP contribution in [0.2, 0.25) is 0 Å². The first-order valence-electron chi connectivity index (χ1n) is 5.75. The van der Waals surface area contributed by atoms with Gasteiger partial charge in [-0.2, -0.15) is 0 Å². The lowest BCUT2D eigenvalue weighted by Crippen LogP contribution is -2.44. The van der Waals surface area contributed by atoms with Crippen molar-refractivity contribution in [3.8, 4) is 0 Å². The van der Waals surface area contributed by atoms with Gasteiger partial charge in [0.15, 0.2) is 0 Å². The summed E-state index contributed by atoms with van der Waals surface area (Å²) < 4.78 is 0. The third-order valence-electron chi connectivity index (χ3n) is 3.30. The molecule has 0 bridgehead atoms. The Kier molecular flexibility index (Phi) is 4.74. The minimum atomic E-state index is 0.572. The standard InChI is InChI=1S/C11H24N2/c1-3-11-7-5-4-6-8-13(11)10(2)9-12/h10-11H,3-9,12H2,1-2H3. The Labute approximate surface area is 82.5 Å². The summed E-state index contributed by atoms with van der Waals surface area (Å²) >= 11 is 0. The summed E-state index contributed by atoms with van der Waals surface area (Å²) in [5, 5.41) is 0. The molecule has 2 nitrogen and oxygen atoms in total. The van der Waals surface area contributed by atoms with E-state index in [0.717, 1.165) is 12.6 Å². The van der Waals surface area contributed by atoms with Crippen molar-refractivity contribution in [2.24, 2.45) is 5.73 Å². The van der Waals surface area contributed by atoms with E-state index in [-0.39, 0.29) is 0 Å². The van der Waals surface area contributed by atoms with Gasteiger partial charge in [0, 0.05) is 18.6 Å². The van der Waals surface area contributed by atoms with Gasteiger partial charge < -0.3 is 5.73 Å². The lowest BCUT2D eigenvalue weighted by atomic mass is 10.1. The minimum absolute atomic E-state index is 0.572. The molecule has 1 rings (SSSR count). The average Bonchev–Trinajstić information content (AvgIpc) is 2.41. The highest BCUT2D eigenvalue weighted by Crippen LogP contribution is 2.20. The van der Waals surface area contributed by atoms with Crippen LogP contribution in [0.15, 0.2) is 0 Å². The Hall–Kier alpha value is -0.0800. The largest absolute Gasteiger partial charge is 0.329 e. The van der Waals surface area contributed by atoms with Crippen LogP contribution < -0.4 is 5.73 Å². The van der Waals surface area contributed by atoms with E-state index >= 15 is 0 Å². The number of hydrogen-bond acceptors (Lipinski definition) is 2. The second-order valence-corrected chi connectivity index (χ2v) is 4.23. The predicted molar refractivity (Wildman–Crippen MR) is 57.8 cm³/mol. The molecule has 2 N–H and O–H groups in total. The molecule has 0 saturated carbocycles. The number of likely N-dealkylation sites (tertiary alicyclic amines) is 1. The smallest absolute Gasteiger partial charge is 0.0193 e. The minimum Gasteiger partial charge on any atom is -0.329 e. The van der Waals surface area contributed by atoms with E-state index in [1.807, 2.05) is 0 Å². The summed E-state index contributed by atoms with van der Waals surface area (Å²) in [5.41, 5.74) is 5.73. The van der Waals surface area contributed by atoms with Gasteiger partial charge >= 0.3 is 0 Å². The molecule has 1 fully saturated rings. The molecule has 0 aromatic heterocycles. The highest BCUT2D eigenvalue weighted by molar-refractivity contribution is 4.78. The van der Waals surface area contributed by atoms with Gasteiger partial charge in [-0.15, -0.1) is 0 Å². The van der Waals surface area contributed by atoms with Crippen molar-refractivity contribution >= 4 is 0 Å². The van der Waals surface area contributed by atoms with E-state index in [4.69, 9.17) is 5.73 Å². The fourth-order valence-corrected chi connectivity index (χ4v) is 2.35. The summed E-state index contributed by atoms with van der Waals surface area (Å²) in [5.74, 6) is 0. The molecular formula is C11H24N2. The van der Waals surface area contributed by atoms with Gasteiger partial charge in [-0.05, 0) is 32.7 Å². The number of hydrogen-bond donors (Lipinski definition) is 1. The fourth-order valence-electron chi connectivity index (χ4n) is 2.35. The van der Waals surface area contributed by atoms with Crippen molar-refractivity contribution in [2.45, 2.75) is 58.0 Å². The molecule has 13 heavy (non-hydrogen) atoms. The highest BCUT2D eigenvalue weighted by Gasteiger charge is 2.22. The molecular weight excluding hydrogens is 160 g/mol. The SMILES string of the molecule is CCC1CCCCCN1C(C)CN. The average molecular weight is 184 g/mol. The van der Waals surface area contributed by atoms with E-state index in [0.29, 0.717) is 6.04 Å². The van der Waals surface area contributed by atoms with Crippen molar-refractivity contribution in [1.82, 2.24) is 4.90 Å². The third kappa shape index (κ3) is 2.96. The Bertz CT molecular complexity index is 136. The predicted octanol–water partition coefficient (Wildman–Crippen LogP) is 1.99. The number of rotatable bonds is 3. The van der Waals surface area contributed by atoms with Gasteiger partial charge in [0.05, 0.1) is 0 Å². The Morgan fingerprint density at radius 3 is 2.77 bits per heavy atom. The fraction of sp³-hybridized carbons (Fsp3) is 1.00. The monoisotopic (exact) mass is 184 g/mol. The van der Waals surface area contributed by atoms with E-state index in [2.05, 4.69) is 18.7 Å². The van der Waals surface area contributed by atoms with Crippen LogP contribution in [0.1, 0.15) is 46.0 Å². The van der Waals surface area contributed by atoms with Crippen molar-refractivity contribution in [3.05, 3.63) is 0 Å². The zero-order valence-corrected chi connectivity index (χ0v) is 9.13. The lowest BCUT2D eigenvalue weighted by molar-refractivity contribution is 0.146. The molecule has 0 amide bonds. The van der Waals surface area contributed by atoms with E-state index in [1.165, 1.54) is 38.6 Å². The molecule has 0 aromatic carbocycles. The van der Waals surface area contributed by atoms with Crippen LogP contribution in [-0.2, 0) is 0 Å². The maximum absolute atomic E-state index is 5.73. The molecule has 1 aliphatic rings. The molecule has 1 saturated heterocycles. The van der Waals surface area contributed by atoms with Gasteiger partial charge in [-0.3, -0.25) is 4.90 Å². The van der Waals surface area contributed by atoms with Crippen molar-refractivity contribution in [1.29, 1.82) is 0 Å². The van der Waals surface area contributed by atoms with Gasteiger partial charge in [-0.25, -0.2) is 0 Å². The van der Waals surface area contributed by atoms with Crippen LogP contribution >= 0.6 is 0 Å². The van der Waals surface area contributed by atoms with Crippen LogP contribution in [0.5, 0.6) is 0 Å². The van der Waals surface area contributed by atoms with Crippen molar-refractivity contribution < 1.29 is 0 Å². The van der Waals surface area contributed by atoms with Crippen LogP contribution in [0, 0.1) is 0 Å². The molecule has 2 heteroatoms. The summed E-state index contributed by atoms with van der Waals surface area (Å²) in [6.45, 7) is 6.62. The summed E-state index contributed by atoms with van der Waals surface area (Å²) in [6.07, 6.45) is 6.84. The normalized spacial score (nSPS) is 28.4. The molecule has 0 aromatic rings. The first-order chi connectivity index (χ1) is 6.29. The second-order valence-electron chi connectivity index (χ2n) is 4.23.